The van der Waals surface area contributed by atoms with Crippen LogP contribution in [0.5, 0.6) is 0 Å². The molecule has 16 heavy (non-hydrogen) atoms. The minimum atomic E-state index is -1.01. The first-order valence-electron chi connectivity index (χ1n) is 4.96. The molecule has 2 rings (SSSR count). The summed E-state index contributed by atoms with van der Waals surface area (Å²) in [6.45, 7) is 5.58. The Hall–Kier alpha value is -1.98. The second-order valence-corrected chi connectivity index (χ2v) is 3.93. The Labute approximate surface area is 91.9 Å². The van der Waals surface area contributed by atoms with Crippen molar-refractivity contribution in [2.75, 3.05) is 0 Å². The molecule has 0 fully saturated rings. The molecule has 0 aliphatic rings. The van der Waals surface area contributed by atoms with Gasteiger partial charge in [0.25, 0.3) is 0 Å². The third-order valence-electron chi connectivity index (χ3n) is 2.44. The largest absolute Gasteiger partial charge is 0.476 e. The van der Waals surface area contributed by atoms with Crippen LogP contribution >= 0.6 is 0 Å². The Morgan fingerprint density at radius 1 is 1.50 bits per heavy atom. The lowest BCUT2D eigenvalue weighted by Crippen LogP contribution is -2.13. The van der Waals surface area contributed by atoms with E-state index in [9.17, 15) is 9.90 Å². The maximum Gasteiger partial charge on any atom is 0.355 e. The summed E-state index contributed by atoms with van der Waals surface area (Å²) in [5, 5.41) is 16.8. The minimum absolute atomic E-state index is 0.0764. The second-order valence-electron chi connectivity index (χ2n) is 3.93. The number of hydrogen-bond acceptors (Lipinski definition) is 4. The summed E-state index contributed by atoms with van der Waals surface area (Å²) in [6, 6.07) is 0. The number of carboxylic acids is 1. The standard InChI is InChI=1S/C10H12N4O2/c1-5(2)7-4-11-9-6(3)12-13-14(9)8(7)10(15)16/h4-5H,1-3H3,(H,15,16). The first-order chi connectivity index (χ1) is 7.52. The van der Waals surface area contributed by atoms with Crippen LogP contribution in [-0.4, -0.2) is 30.9 Å². The van der Waals surface area contributed by atoms with Crippen molar-refractivity contribution in [3.05, 3.63) is 23.1 Å². The van der Waals surface area contributed by atoms with Gasteiger partial charge in [-0.1, -0.05) is 19.1 Å². The molecule has 0 bridgehead atoms. The number of nitrogens with zero attached hydrogens (tertiary/aromatic N) is 4. The van der Waals surface area contributed by atoms with Crippen molar-refractivity contribution in [2.45, 2.75) is 26.7 Å². The summed E-state index contributed by atoms with van der Waals surface area (Å²) in [6.07, 6.45) is 1.58. The average Bonchev–Trinajstić information content (AvgIpc) is 2.58. The van der Waals surface area contributed by atoms with Gasteiger partial charge in [-0.25, -0.2) is 9.78 Å². The molecule has 0 aromatic carbocycles. The molecule has 0 saturated carbocycles. The monoisotopic (exact) mass is 220 g/mol. The number of fused-ring (bicyclic) bond motifs is 1. The summed E-state index contributed by atoms with van der Waals surface area (Å²) in [4.78, 5) is 15.4. The molecule has 1 N–H and O–H groups in total. The van der Waals surface area contributed by atoms with Gasteiger partial charge in [0.05, 0.1) is 0 Å². The molecule has 0 unspecified atom stereocenters. The predicted molar refractivity (Wildman–Crippen MR) is 56.6 cm³/mol. The molecule has 0 radical (unpaired) electrons. The zero-order chi connectivity index (χ0) is 11.9. The first-order valence-corrected chi connectivity index (χ1v) is 4.96. The molecule has 0 aliphatic heterocycles. The summed E-state index contributed by atoms with van der Waals surface area (Å²) in [5.41, 5.74) is 1.91. The number of carbonyl (C=O) groups is 1. The summed E-state index contributed by atoms with van der Waals surface area (Å²) in [7, 11) is 0. The molecule has 6 heteroatoms. The third kappa shape index (κ3) is 1.42. The fourth-order valence-electron chi connectivity index (χ4n) is 1.60. The summed E-state index contributed by atoms with van der Waals surface area (Å²) >= 11 is 0. The topological polar surface area (TPSA) is 80.4 Å². The van der Waals surface area contributed by atoms with Crippen molar-refractivity contribution in [3.8, 4) is 0 Å². The molecule has 0 amide bonds. The molecule has 0 atom stereocenters. The molecular weight excluding hydrogens is 208 g/mol. The van der Waals surface area contributed by atoms with Crippen LogP contribution < -0.4 is 0 Å². The fourth-order valence-corrected chi connectivity index (χ4v) is 1.60. The molecule has 84 valence electrons. The Kier molecular flexibility index (Phi) is 2.34. The van der Waals surface area contributed by atoms with Gasteiger partial charge >= 0.3 is 5.97 Å². The lowest BCUT2D eigenvalue weighted by molar-refractivity contribution is 0.0685. The molecule has 2 heterocycles. The van der Waals surface area contributed by atoms with E-state index in [2.05, 4.69) is 15.3 Å². The number of hydrogen-bond donors (Lipinski definition) is 1. The van der Waals surface area contributed by atoms with E-state index in [1.807, 2.05) is 13.8 Å². The first kappa shape index (κ1) is 10.5. The van der Waals surface area contributed by atoms with E-state index in [0.717, 1.165) is 0 Å². The average molecular weight is 220 g/mol. The summed E-state index contributed by atoms with van der Waals surface area (Å²) in [5.74, 6) is -0.937. The number of rotatable bonds is 2. The van der Waals surface area contributed by atoms with Crippen LogP contribution in [0.15, 0.2) is 6.20 Å². The van der Waals surface area contributed by atoms with Gasteiger partial charge < -0.3 is 5.11 Å². The van der Waals surface area contributed by atoms with Crippen LogP contribution in [0.1, 0.15) is 41.5 Å². The van der Waals surface area contributed by atoms with Crippen LogP contribution in [0.2, 0.25) is 0 Å². The zero-order valence-electron chi connectivity index (χ0n) is 9.30. The second kappa shape index (κ2) is 3.55. The van der Waals surface area contributed by atoms with Gasteiger partial charge in [0.1, 0.15) is 5.69 Å². The molecular formula is C10H12N4O2. The molecule has 0 aliphatic carbocycles. The van der Waals surface area contributed by atoms with Crippen LogP contribution in [0.3, 0.4) is 0 Å². The van der Waals surface area contributed by atoms with Crippen LogP contribution in [0, 0.1) is 6.92 Å². The Bertz CT molecular complexity index is 559. The quantitative estimate of drug-likeness (QED) is 0.823. The van der Waals surface area contributed by atoms with Gasteiger partial charge in [0.15, 0.2) is 11.3 Å². The Morgan fingerprint density at radius 2 is 2.19 bits per heavy atom. The van der Waals surface area contributed by atoms with Crippen molar-refractivity contribution in [1.82, 2.24) is 19.8 Å². The highest BCUT2D eigenvalue weighted by Crippen LogP contribution is 2.19. The Balaban J connectivity index is 2.85. The minimum Gasteiger partial charge on any atom is -0.476 e. The van der Waals surface area contributed by atoms with E-state index in [4.69, 9.17) is 0 Å². The lowest BCUT2D eigenvalue weighted by Gasteiger charge is -2.09. The highest BCUT2D eigenvalue weighted by Gasteiger charge is 2.19. The van der Waals surface area contributed by atoms with Crippen molar-refractivity contribution < 1.29 is 9.90 Å². The van der Waals surface area contributed by atoms with Crippen LogP contribution in [0.25, 0.3) is 5.65 Å². The molecule has 0 saturated heterocycles. The van der Waals surface area contributed by atoms with Gasteiger partial charge in [0, 0.05) is 11.8 Å². The number of carboxylic acid groups (broad SMARTS) is 1. The third-order valence-corrected chi connectivity index (χ3v) is 2.44. The Morgan fingerprint density at radius 3 is 2.75 bits per heavy atom. The number of aryl methyl sites for hydroxylation is 1. The zero-order valence-corrected chi connectivity index (χ0v) is 9.30. The molecule has 2 aromatic rings. The van der Waals surface area contributed by atoms with Gasteiger partial charge in [0.2, 0.25) is 0 Å². The smallest absolute Gasteiger partial charge is 0.355 e. The van der Waals surface area contributed by atoms with Gasteiger partial charge in [-0.15, -0.1) is 5.10 Å². The van der Waals surface area contributed by atoms with Crippen molar-refractivity contribution in [3.63, 3.8) is 0 Å². The molecule has 2 aromatic heterocycles. The highest BCUT2D eigenvalue weighted by molar-refractivity contribution is 5.88. The van der Waals surface area contributed by atoms with Crippen molar-refractivity contribution in [2.24, 2.45) is 0 Å². The van der Waals surface area contributed by atoms with Crippen molar-refractivity contribution in [1.29, 1.82) is 0 Å². The maximum atomic E-state index is 11.2. The normalized spacial score (nSPS) is 11.2. The lowest BCUT2D eigenvalue weighted by atomic mass is 10.0. The number of aromatic nitrogens is 4. The van der Waals surface area contributed by atoms with Gasteiger partial charge in [-0.2, -0.15) is 4.52 Å². The van der Waals surface area contributed by atoms with E-state index in [0.29, 0.717) is 16.9 Å². The van der Waals surface area contributed by atoms with E-state index < -0.39 is 5.97 Å². The maximum absolute atomic E-state index is 11.2. The van der Waals surface area contributed by atoms with Crippen molar-refractivity contribution >= 4 is 11.6 Å². The summed E-state index contributed by atoms with van der Waals surface area (Å²) < 4.78 is 1.28. The van der Waals surface area contributed by atoms with Gasteiger partial charge in [-0.05, 0) is 12.8 Å². The SMILES string of the molecule is Cc1nnn2c(C(=O)O)c(C(C)C)cnc12. The highest BCUT2D eigenvalue weighted by atomic mass is 16.4. The van der Waals surface area contributed by atoms with E-state index in [-0.39, 0.29) is 11.6 Å². The van der Waals surface area contributed by atoms with E-state index in [1.165, 1.54) is 4.52 Å². The molecule has 0 spiro atoms. The van der Waals surface area contributed by atoms with Gasteiger partial charge in [-0.3, -0.25) is 0 Å². The predicted octanol–water partition coefficient (Wildman–Crippen LogP) is 1.25. The van der Waals surface area contributed by atoms with Crippen LogP contribution in [-0.2, 0) is 0 Å². The van der Waals surface area contributed by atoms with E-state index in [1.54, 1.807) is 13.1 Å². The fraction of sp³-hybridized carbons (Fsp3) is 0.400. The number of aromatic carboxylic acids is 1. The van der Waals surface area contributed by atoms with E-state index >= 15 is 0 Å². The molecule has 6 nitrogen and oxygen atoms in total. The van der Waals surface area contributed by atoms with Crippen LogP contribution in [0.4, 0.5) is 0 Å².